The van der Waals surface area contributed by atoms with Gasteiger partial charge in [-0.05, 0) is 30.7 Å². The van der Waals surface area contributed by atoms with Crippen molar-refractivity contribution in [2.75, 3.05) is 5.32 Å². The predicted molar refractivity (Wildman–Crippen MR) is 93.8 cm³/mol. The van der Waals surface area contributed by atoms with Gasteiger partial charge in [0.2, 0.25) is 0 Å². The Hall–Kier alpha value is -0.580. The number of hydrogen-bond acceptors (Lipinski definition) is 4. The molecule has 3 nitrogen and oxygen atoms in total. The standard InChI is InChI=1S/C15H21Cl2N3S/c1-8(2)5-10(6-9(3)4)18-13-11(16)7-12(17)14-15(13)20-21-19-14/h7-10,18H,5-6H2,1-4H3. The molecule has 2 aromatic rings. The molecule has 6 heteroatoms. The van der Waals surface area contributed by atoms with Crippen LogP contribution in [-0.2, 0) is 0 Å². The summed E-state index contributed by atoms with van der Waals surface area (Å²) in [6, 6.07) is 2.12. The Morgan fingerprint density at radius 2 is 1.57 bits per heavy atom. The number of halogens is 2. The summed E-state index contributed by atoms with van der Waals surface area (Å²) in [6.07, 6.45) is 2.19. The van der Waals surface area contributed by atoms with E-state index < -0.39 is 0 Å². The Balaban J connectivity index is 2.33. The van der Waals surface area contributed by atoms with Crippen molar-refractivity contribution in [3.63, 3.8) is 0 Å². The van der Waals surface area contributed by atoms with E-state index in [9.17, 15) is 0 Å². The number of nitrogens with zero attached hydrogens (tertiary/aromatic N) is 2. The van der Waals surface area contributed by atoms with Crippen LogP contribution in [0.25, 0.3) is 11.0 Å². The molecule has 1 aromatic carbocycles. The maximum Gasteiger partial charge on any atom is 0.130 e. The largest absolute Gasteiger partial charge is 0.379 e. The molecule has 0 fully saturated rings. The second-order valence-electron chi connectivity index (χ2n) is 6.28. The number of nitrogens with one attached hydrogen (secondary N) is 1. The van der Waals surface area contributed by atoms with Crippen LogP contribution in [0, 0.1) is 11.8 Å². The molecular weight excluding hydrogens is 325 g/mol. The number of fused-ring (bicyclic) bond motifs is 1. The molecule has 0 aliphatic rings. The molecule has 1 aromatic heterocycles. The van der Waals surface area contributed by atoms with Gasteiger partial charge in [0, 0.05) is 6.04 Å². The van der Waals surface area contributed by atoms with E-state index in [1.165, 1.54) is 0 Å². The van der Waals surface area contributed by atoms with Crippen molar-refractivity contribution in [1.29, 1.82) is 0 Å². The molecule has 116 valence electrons. The fraction of sp³-hybridized carbons (Fsp3) is 0.600. The van der Waals surface area contributed by atoms with Crippen LogP contribution in [-0.4, -0.2) is 14.8 Å². The van der Waals surface area contributed by atoms with E-state index in [0.29, 0.717) is 27.9 Å². The summed E-state index contributed by atoms with van der Waals surface area (Å²) in [5.74, 6) is 1.24. The van der Waals surface area contributed by atoms with E-state index >= 15 is 0 Å². The summed E-state index contributed by atoms with van der Waals surface area (Å²) in [5, 5.41) is 4.74. The summed E-state index contributed by atoms with van der Waals surface area (Å²) in [6.45, 7) is 8.94. The Bertz CT molecular complexity index is 600. The molecule has 2 rings (SSSR count). The minimum absolute atomic E-state index is 0.369. The maximum atomic E-state index is 6.37. The van der Waals surface area contributed by atoms with Gasteiger partial charge in [-0.2, -0.15) is 8.75 Å². The lowest BCUT2D eigenvalue weighted by Gasteiger charge is -2.24. The van der Waals surface area contributed by atoms with Gasteiger partial charge in [-0.3, -0.25) is 0 Å². The zero-order valence-electron chi connectivity index (χ0n) is 12.8. The minimum Gasteiger partial charge on any atom is -0.379 e. The fourth-order valence-electron chi connectivity index (χ4n) is 2.57. The van der Waals surface area contributed by atoms with E-state index in [1.54, 1.807) is 6.07 Å². The van der Waals surface area contributed by atoms with Gasteiger partial charge in [0.05, 0.1) is 27.5 Å². The molecule has 0 amide bonds. The molecule has 0 aliphatic heterocycles. The van der Waals surface area contributed by atoms with Crippen LogP contribution in [0.1, 0.15) is 40.5 Å². The highest BCUT2D eigenvalue weighted by Gasteiger charge is 2.19. The van der Waals surface area contributed by atoms with Crippen LogP contribution in [0.2, 0.25) is 10.0 Å². The molecular formula is C15H21Cl2N3S. The van der Waals surface area contributed by atoms with Gasteiger partial charge in [-0.1, -0.05) is 50.9 Å². The Morgan fingerprint density at radius 1 is 1.00 bits per heavy atom. The van der Waals surface area contributed by atoms with Crippen LogP contribution in [0.15, 0.2) is 6.07 Å². The Kier molecular flexibility index (Phi) is 5.69. The first kappa shape index (κ1) is 16.8. The van der Waals surface area contributed by atoms with Gasteiger partial charge >= 0.3 is 0 Å². The highest BCUT2D eigenvalue weighted by atomic mass is 35.5. The molecule has 1 heterocycles. The third-order valence-corrected chi connectivity index (χ3v) is 4.42. The highest BCUT2D eigenvalue weighted by Crippen LogP contribution is 2.36. The Morgan fingerprint density at radius 3 is 2.14 bits per heavy atom. The normalized spacial score (nSPS) is 12.0. The maximum absolute atomic E-state index is 6.37. The SMILES string of the molecule is CC(C)CC(CC(C)C)Nc1c(Cl)cc(Cl)c2nsnc12. The van der Waals surface area contributed by atoms with E-state index in [-0.39, 0.29) is 0 Å². The third-order valence-electron chi connectivity index (χ3n) is 3.30. The second-order valence-corrected chi connectivity index (χ2v) is 7.62. The lowest BCUT2D eigenvalue weighted by Crippen LogP contribution is -2.24. The van der Waals surface area contributed by atoms with Crippen molar-refractivity contribution in [1.82, 2.24) is 8.75 Å². The molecule has 0 atom stereocenters. The summed E-state index contributed by atoms with van der Waals surface area (Å²) in [4.78, 5) is 0. The molecule has 1 N–H and O–H groups in total. The van der Waals surface area contributed by atoms with Crippen molar-refractivity contribution in [2.24, 2.45) is 11.8 Å². The van der Waals surface area contributed by atoms with Crippen LogP contribution >= 0.6 is 34.9 Å². The third kappa shape index (κ3) is 4.21. The van der Waals surface area contributed by atoms with E-state index in [1.807, 2.05) is 0 Å². The zero-order chi connectivity index (χ0) is 15.6. The summed E-state index contributed by atoms with van der Waals surface area (Å²) in [7, 11) is 0. The molecule has 0 saturated carbocycles. The molecule has 0 saturated heterocycles. The number of rotatable bonds is 6. The first-order valence-electron chi connectivity index (χ1n) is 7.25. The van der Waals surface area contributed by atoms with Gasteiger partial charge in [0.15, 0.2) is 0 Å². The first-order valence-corrected chi connectivity index (χ1v) is 8.73. The van der Waals surface area contributed by atoms with Gasteiger partial charge in [0.1, 0.15) is 11.0 Å². The quantitative estimate of drug-likeness (QED) is 0.711. The summed E-state index contributed by atoms with van der Waals surface area (Å²) in [5.41, 5.74) is 2.35. The van der Waals surface area contributed by atoms with Crippen molar-refractivity contribution in [2.45, 2.75) is 46.6 Å². The smallest absolute Gasteiger partial charge is 0.130 e. The Labute approximate surface area is 140 Å². The van der Waals surface area contributed by atoms with E-state index in [4.69, 9.17) is 23.2 Å². The molecule has 0 spiro atoms. The van der Waals surface area contributed by atoms with Crippen molar-refractivity contribution < 1.29 is 0 Å². The molecule has 0 unspecified atom stereocenters. The number of benzene rings is 1. The fourth-order valence-corrected chi connectivity index (χ4v) is 3.73. The molecule has 21 heavy (non-hydrogen) atoms. The average Bonchev–Trinajstić information content (AvgIpc) is 2.82. The van der Waals surface area contributed by atoms with Crippen LogP contribution in [0.5, 0.6) is 0 Å². The zero-order valence-corrected chi connectivity index (χ0v) is 15.1. The van der Waals surface area contributed by atoms with Crippen molar-refractivity contribution >= 4 is 51.7 Å². The summed E-state index contributed by atoms with van der Waals surface area (Å²) < 4.78 is 8.60. The number of hydrogen-bond donors (Lipinski definition) is 1. The number of anilines is 1. The average molecular weight is 346 g/mol. The predicted octanol–water partition coefficient (Wildman–Crippen LogP) is 5.87. The van der Waals surface area contributed by atoms with Gasteiger partial charge in [0.25, 0.3) is 0 Å². The molecule has 0 radical (unpaired) electrons. The highest BCUT2D eigenvalue weighted by molar-refractivity contribution is 7.00. The van der Waals surface area contributed by atoms with Gasteiger partial charge in [-0.15, -0.1) is 0 Å². The lowest BCUT2D eigenvalue weighted by atomic mass is 9.95. The van der Waals surface area contributed by atoms with Gasteiger partial charge in [-0.25, -0.2) is 0 Å². The van der Waals surface area contributed by atoms with Crippen LogP contribution in [0.3, 0.4) is 0 Å². The van der Waals surface area contributed by atoms with Gasteiger partial charge < -0.3 is 5.32 Å². The van der Waals surface area contributed by atoms with Crippen molar-refractivity contribution in [3.8, 4) is 0 Å². The van der Waals surface area contributed by atoms with E-state index in [2.05, 4.69) is 41.8 Å². The molecule has 0 aliphatic carbocycles. The topological polar surface area (TPSA) is 37.8 Å². The second kappa shape index (κ2) is 7.12. The lowest BCUT2D eigenvalue weighted by molar-refractivity contribution is 0.442. The number of aromatic nitrogens is 2. The monoisotopic (exact) mass is 345 g/mol. The first-order chi connectivity index (χ1) is 9.88. The van der Waals surface area contributed by atoms with Crippen LogP contribution < -0.4 is 5.32 Å². The van der Waals surface area contributed by atoms with E-state index in [0.717, 1.165) is 41.3 Å². The molecule has 0 bridgehead atoms. The minimum atomic E-state index is 0.369. The van der Waals surface area contributed by atoms with Crippen LogP contribution in [0.4, 0.5) is 5.69 Å². The van der Waals surface area contributed by atoms with Crippen molar-refractivity contribution in [3.05, 3.63) is 16.1 Å². The summed E-state index contributed by atoms with van der Waals surface area (Å²) >= 11 is 13.7.